The van der Waals surface area contributed by atoms with Crippen LogP contribution in [0.2, 0.25) is 0 Å². The van der Waals surface area contributed by atoms with Crippen molar-refractivity contribution in [1.29, 1.82) is 0 Å². The van der Waals surface area contributed by atoms with E-state index in [1.807, 2.05) is 0 Å². The highest BCUT2D eigenvalue weighted by Crippen LogP contribution is 2.31. The first-order valence-electron chi connectivity index (χ1n) is 6.13. The SMILES string of the molecule is CC(=O)NS(=O)(=O)n1cc(C(F)(F)F)nc1-c1cncc(C)c1. The Hall–Kier alpha value is -2.43. The summed E-state index contributed by atoms with van der Waals surface area (Å²) >= 11 is 0. The highest BCUT2D eigenvalue weighted by atomic mass is 32.2. The second-order valence-electron chi connectivity index (χ2n) is 4.66. The van der Waals surface area contributed by atoms with Gasteiger partial charge in [0.1, 0.15) is 0 Å². The van der Waals surface area contributed by atoms with Crippen LogP contribution < -0.4 is 4.72 Å². The van der Waals surface area contributed by atoms with E-state index in [1.165, 1.54) is 18.5 Å². The van der Waals surface area contributed by atoms with Gasteiger partial charge in [0.15, 0.2) is 11.5 Å². The number of carbonyl (C=O) groups is 1. The molecule has 0 fully saturated rings. The molecular weight excluding hydrogens is 337 g/mol. The molecule has 1 N–H and O–H groups in total. The number of alkyl halides is 3. The summed E-state index contributed by atoms with van der Waals surface area (Å²) in [6.07, 6.45) is -1.91. The predicted octanol–water partition coefficient (Wildman–Crippen LogP) is 1.50. The number of hydrogen-bond donors (Lipinski definition) is 1. The molecule has 23 heavy (non-hydrogen) atoms. The first-order chi connectivity index (χ1) is 10.5. The fourth-order valence-corrected chi connectivity index (χ4v) is 2.86. The molecule has 0 saturated carbocycles. The van der Waals surface area contributed by atoms with Gasteiger partial charge in [-0.2, -0.15) is 21.6 Å². The summed E-state index contributed by atoms with van der Waals surface area (Å²) in [7, 11) is -4.56. The topological polar surface area (TPSA) is 94.0 Å². The average molecular weight is 348 g/mol. The van der Waals surface area contributed by atoms with Crippen LogP contribution in [-0.2, 0) is 21.2 Å². The number of halogens is 3. The van der Waals surface area contributed by atoms with Crippen molar-refractivity contribution in [2.75, 3.05) is 0 Å². The molecule has 2 rings (SSSR count). The van der Waals surface area contributed by atoms with Gasteiger partial charge in [0.25, 0.3) is 0 Å². The van der Waals surface area contributed by atoms with Gasteiger partial charge >= 0.3 is 16.4 Å². The highest BCUT2D eigenvalue weighted by Gasteiger charge is 2.37. The normalized spacial score (nSPS) is 12.2. The van der Waals surface area contributed by atoms with Gasteiger partial charge in [-0.1, -0.05) is 0 Å². The number of aryl methyl sites for hydroxylation is 1. The minimum atomic E-state index is -4.84. The second kappa shape index (κ2) is 5.65. The maximum absolute atomic E-state index is 12.9. The van der Waals surface area contributed by atoms with Crippen LogP contribution in [-0.4, -0.2) is 28.3 Å². The van der Waals surface area contributed by atoms with Crippen molar-refractivity contribution in [3.8, 4) is 11.4 Å². The van der Waals surface area contributed by atoms with Gasteiger partial charge in [0, 0.05) is 24.9 Å². The number of rotatable bonds is 3. The van der Waals surface area contributed by atoms with Crippen LogP contribution in [0.25, 0.3) is 11.4 Å². The third-order valence-electron chi connectivity index (χ3n) is 2.63. The molecule has 0 atom stereocenters. The molecule has 2 aromatic heterocycles. The van der Waals surface area contributed by atoms with Crippen LogP contribution >= 0.6 is 0 Å². The molecule has 124 valence electrons. The van der Waals surface area contributed by atoms with E-state index in [1.54, 1.807) is 11.6 Å². The molecule has 0 aliphatic carbocycles. The van der Waals surface area contributed by atoms with Crippen LogP contribution in [0, 0.1) is 6.92 Å². The number of carbonyl (C=O) groups excluding carboxylic acids is 1. The van der Waals surface area contributed by atoms with Crippen LogP contribution in [0.5, 0.6) is 0 Å². The van der Waals surface area contributed by atoms with Gasteiger partial charge in [-0.3, -0.25) is 9.78 Å². The van der Waals surface area contributed by atoms with E-state index in [0.29, 0.717) is 11.8 Å². The van der Waals surface area contributed by atoms with Crippen molar-refractivity contribution in [3.63, 3.8) is 0 Å². The van der Waals surface area contributed by atoms with E-state index in [2.05, 4.69) is 9.97 Å². The molecule has 0 aromatic carbocycles. The van der Waals surface area contributed by atoms with Gasteiger partial charge in [-0.15, -0.1) is 0 Å². The molecule has 0 aliphatic rings. The van der Waals surface area contributed by atoms with E-state index < -0.39 is 33.8 Å². The number of nitrogens with one attached hydrogen (secondary N) is 1. The molecule has 1 amide bonds. The molecule has 7 nitrogen and oxygen atoms in total. The lowest BCUT2D eigenvalue weighted by Crippen LogP contribution is -2.33. The smallest absolute Gasteiger partial charge is 0.274 e. The third kappa shape index (κ3) is 3.67. The molecule has 0 radical (unpaired) electrons. The summed E-state index contributed by atoms with van der Waals surface area (Å²) in [6.45, 7) is 2.56. The predicted molar refractivity (Wildman–Crippen MR) is 73.3 cm³/mol. The van der Waals surface area contributed by atoms with E-state index in [-0.39, 0.29) is 9.54 Å². The van der Waals surface area contributed by atoms with E-state index in [4.69, 9.17) is 0 Å². The molecule has 2 heterocycles. The summed E-state index contributed by atoms with van der Waals surface area (Å²) in [5.41, 5.74) is -0.736. The van der Waals surface area contributed by atoms with Gasteiger partial charge in [-0.05, 0) is 18.6 Å². The van der Waals surface area contributed by atoms with Crippen LogP contribution in [0.1, 0.15) is 18.2 Å². The monoisotopic (exact) mass is 348 g/mol. The van der Waals surface area contributed by atoms with Gasteiger partial charge < -0.3 is 0 Å². The molecule has 0 saturated heterocycles. The Morgan fingerprint density at radius 3 is 2.48 bits per heavy atom. The zero-order valence-corrected chi connectivity index (χ0v) is 12.7. The largest absolute Gasteiger partial charge is 0.434 e. The Morgan fingerprint density at radius 2 is 1.96 bits per heavy atom. The van der Waals surface area contributed by atoms with E-state index in [0.717, 1.165) is 6.92 Å². The highest BCUT2D eigenvalue weighted by molar-refractivity contribution is 7.88. The van der Waals surface area contributed by atoms with E-state index >= 15 is 0 Å². The quantitative estimate of drug-likeness (QED) is 0.907. The summed E-state index contributed by atoms with van der Waals surface area (Å²) in [5.74, 6) is -1.44. The average Bonchev–Trinajstić information content (AvgIpc) is 2.82. The minimum Gasteiger partial charge on any atom is -0.274 e. The number of nitrogens with zero attached hydrogens (tertiary/aromatic N) is 3. The third-order valence-corrected chi connectivity index (χ3v) is 3.97. The zero-order valence-electron chi connectivity index (χ0n) is 11.9. The molecule has 0 bridgehead atoms. The van der Waals surface area contributed by atoms with Gasteiger partial charge in [0.05, 0.1) is 6.20 Å². The Labute approximate surface area is 129 Å². The minimum absolute atomic E-state index is 0.0643. The molecule has 0 aliphatic heterocycles. The summed E-state index contributed by atoms with van der Waals surface area (Å²) in [4.78, 5) is 18.1. The number of amides is 1. The summed E-state index contributed by atoms with van der Waals surface area (Å²) in [6, 6.07) is 1.43. The lowest BCUT2D eigenvalue weighted by Gasteiger charge is -2.09. The van der Waals surface area contributed by atoms with Crippen molar-refractivity contribution in [2.24, 2.45) is 0 Å². The maximum Gasteiger partial charge on any atom is 0.434 e. The molecule has 11 heteroatoms. The Morgan fingerprint density at radius 1 is 1.30 bits per heavy atom. The molecular formula is C12H11F3N4O3S. The Bertz CT molecular complexity index is 859. The summed E-state index contributed by atoms with van der Waals surface area (Å²) < 4.78 is 64.6. The fraction of sp³-hybridized carbons (Fsp3) is 0.250. The Kier molecular flexibility index (Phi) is 4.16. The molecule has 0 spiro atoms. The number of imidazole rings is 1. The van der Waals surface area contributed by atoms with E-state index in [9.17, 15) is 26.4 Å². The van der Waals surface area contributed by atoms with Crippen molar-refractivity contribution in [2.45, 2.75) is 20.0 Å². The molecule has 0 unspecified atom stereocenters. The first kappa shape index (κ1) is 16.9. The number of pyridine rings is 1. The van der Waals surface area contributed by atoms with Crippen LogP contribution in [0.15, 0.2) is 24.7 Å². The fourth-order valence-electron chi connectivity index (χ4n) is 1.78. The standard InChI is InChI=1S/C12H11F3N4O3S/c1-7-3-9(5-16-4-7)11-17-10(12(13,14)15)6-19(11)23(21,22)18-8(2)20/h3-6H,1-2H3,(H,18,20). The van der Waals surface area contributed by atoms with Crippen molar-refractivity contribution in [3.05, 3.63) is 35.9 Å². The molecule has 2 aromatic rings. The van der Waals surface area contributed by atoms with Crippen molar-refractivity contribution in [1.82, 2.24) is 18.7 Å². The zero-order chi connectivity index (χ0) is 17.4. The van der Waals surface area contributed by atoms with Crippen LogP contribution in [0.3, 0.4) is 0 Å². The lowest BCUT2D eigenvalue weighted by atomic mass is 10.2. The number of aromatic nitrogens is 3. The van der Waals surface area contributed by atoms with Crippen molar-refractivity contribution >= 4 is 16.1 Å². The van der Waals surface area contributed by atoms with Gasteiger partial charge in [-0.25, -0.2) is 13.7 Å². The lowest BCUT2D eigenvalue weighted by molar-refractivity contribution is -0.140. The van der Waals surface area contributed by atoms with Gasteiger partial charge in [0.2, 0.25) is 5.91 Å². The maximum atomic E-state index is 12.9. The number of hydrogen-bond acceptors (Lipinski definition) is 5. The first-order valence-corrected chi connectivity index (χ1v) is 7.57. The van der Waals surface area contributed by atoms with Crippen LogP contribution in [0.4, 0.5) is 13.2 Å². The Balaban J connectivity index is 2.70. The summed E-state index contributed by atoms with van der Waals surface area (Å²) in [5, 5.41) is 0. The van der Waals surface area contributed by atoms with Crippen molar-refractivity contribution < 1.29 is 26.4 Å². The second-order valence-corrected chi connectivity index (χ2v) is 6.21.